The van der Waals surface area contributed by atoms with Gasteiger partial charge in [0.25, 0.3) is 0 Å². The van der Waals surface area contributed by atoms with Crippen molar-refractivity contribution in [1.82, 2.24) is 10.6 Å². The minimum Gasteiger partial charge on any atom is -0.492 e. The van der Waals surface area contributed by atoms with Crippen LogP contribution in [0.1, 0.15) is 32.6 Å². The number of hydrogen-bond acceptors (Lipinski definition) is 2. The molecule has 0 aliphatic heterocycles. The summed E-state index contributed by atoms with van der Waals surface area (Å²) in [6.45, 7) is 5.37. The molecule has 0 amide bonds. The van der Waals surface area contributed by atoms with Gasteiger partial charge in [-0.1, -0.05) is 18.2 Å². The Kier molecular flexibility index (Phi) is 6.99. The van der Waals surface area contributed by atoms with Crippen molar-refractivity contribution < 1.29 is 4.74 Å². The normalized spacial score (nSPS) is 18.7. The molecular weight excluding hydrogens is 401 g/mol. The maximum absolute atomic E-state index is 5.70. The predicted octanol–water partition coefficient (Wildman–Crippen LogP) is 3.43. The van der Waals surface area contributed by atoms with E-state index < -0.39 is 0 Å². The van der Waals surface area contributed by atoms with Crippen LogP contribution in [0.2, 0.25) is 0 Å². The SMILES string of the molecule is CCNC(=NCC1(C2CC2)CC1)NCCOc1ccccc1.I. The fourth-order valence-electron chi connectivity index (χ4n) is 2.99. The highest BCUT2D eigenvalue weighted by atomic mass is 127. The summed E-state index contributed by atoms with van der Waals surface area (Å²) < 4.78 is 5.70. The van der Waals surface area contributed by atoms with Gasteiger partial charge in [0.1, 0.15) is 12.4 Å². The summed E-state index contributed by atoms with van der Waals surface area (Å²) in [6, 6.07) is 9.93. The number of para-hydroxylation sites is 1. The maximum atomic E-state index is 5.70. The van der Waals surface area contributed by atoms with Crippen molar-refractivity contribution in [3.05, 3.63) is 30.3 Å². The van der Waals surface area contributed by atoms with Crippen LogP contribution in [-0.4, -0.2) is 32.2 Å². The van der Waals surface area contributed by atoms with E-state index >= 15 is 0 Å². The Morgan fingerprint density at radius 1 is 1.22 bits per heavy atom. The minimum absolute atomic E-state index is 0. The molecule has 128 valence electrons. The summed E-state index contributed by atoms with van der Waals surface area (Å²) in [5.41, 5.74) is 0.558. The second-order valence-electron chi connectivity index (χ2n) is 6.42. The van der Waals surface area contributed by atoms with Gasteiger partial charge in [0.05, 0.1) is 6.54 Å². The number of ether oxygens (including phenoxy) is 1. The molecule has 0 saturated heterocycles. The van der Waals surface area contributed by atoms with Gasteiger partial charge in [-0.15, -0.1) is 24.0 Å². The molecule has 0 aromatic heterocycles. The van der Waals surface area contributed by atoms with Gasteiger partial charge >= 0.3 is 0 Å². The van der Waals surface area contributed by atoms with Crippen LogP contribution in [0.25, 0.3) is 0 Å². The second-order valence-corrected chi connectivity index (χ2v) is 6.42. The third kappa shape index (κ3) is 5.55. The summed E-state index contributed by atoms with van der Waals surface area (Å²) in [7, 11) is 0. The number of nitrogens with one attached hydrogen (secondary N) is 2. The lowest BCUT2D eigenvalue weighted by atomic mass is 10.0. The smallest absolute Gasteiger partial charge is 0.191 e. The highest BCUT2D eigenvalue weighted by Crippen LogP contribution is 2.61. The summed E-state index contributed by atoms with van der Waals surface area (Å²) in [5.74, 6) is 2.79. The molecule has 1 aromatic rings. The molecule has 0 unspecified atom stereocenters. The van der Waals surface area contributed by atoms with E-state index in [-0.39, 0.29) is 24.0 Å². The van der Waals surface area contributed by atoms with Crippen LogP contribution < -0.4 is 15.4 Å². The van der Waals surface area contributed by atoms with Crippen molar-refractivity contribution in [2.45, 2.75) is 32.6 Å². The molecular formula is C18H28IN3O. The van der Waals surface area contributed by atoms with Crippen molar-refractivity contribution in [3.63, 3.8) is 0 Å². The summed E-state index contributed by atoms with van der Waals surface area (Å²) in [6.07, 6.45) is 5.59. The molecule has 1 aromatic carbocycles. The number of aliphatic imine (C=N–C) groups is 1. The van der Waals surface area contributed by atoms with E-state index in [0.29, 0.717) is 12.0 Å². The molecule has 0 spiro atoms. The summed E-state index contributed by atoms with van der Waals surface area (Å²) >= 11 is 0. The second kappa shape index (κ2) is 8.76. The average molecular weight is 429 g/mol. The van der Waals surface area contributed by atoms with E-state index in [1.54, 1.807) is 0 Å². The van der Waals surface area contributed by atoms with Crippen LogP contribution in [-0.2, 0) is 0 Å². The number of hydrogen-bond donors (Lipinski definition) is 2. The predicted molar refractivity (Wildman–Crippen MR) is 106 cm³/mol. The third-order valence-electron chi connectivity index (χ3n) is 4.64. The molecule has 2 fully saturated rings. The molecule has 2 aliphatic rings. The van der Waals surface area contributed by atoms with Crippen LogP contribution in [0.5, 0.6) is 5.75 Å². The Hall–Kier alpha value is -0.980. The third-order valence-corrected chi connectivity index (χ3v) is 4.64. The number of halogens is 1. The quantitative estimate of drug-likeness (QED) is 0.288. The largest absolute Gasteiger partial charge is 0.492 e. The first-order chi connectivity index (χ1) is 10.8. The first-order valence-corrected chi connectivity index (χ1v) is 8.52. The fraction of sp³-hybridized carbons (Fsp3) is 0.611. The van der Waals surface area contributed by atoms with Gasteiger partial charge in [-0.2, -0.15) is 0 Å². The van der Waals surface area contributed by atoms with E-state index in [9.17, 15) is 0 Å². The maximum Gasteiger partial charge on any atom is 0.191 e. The Bertz CT molecular complexity index is 498. The van der Waals surface area contributed by atoms with Crippen molar-refractivity contribution in [2.75, 3.05) is 26.2 Å². The Morgan fingerprint density at radius 2 is 1.96 bits per heavy atom. The van der Waals surface area contributed by atoms with Crippen molar-refractivity contribution >= 4 is 29.9 Å². The average Bonchev–Trinajstić information content (AvgIpc) is 3.43. The number of nitrogens with zero attached hydrogens (tertiary/aromatic N) is 1. The topological polar surface area (TPSA) is 45.7 Å². The van der Waals surface area contributed by atoms with Crippen LogP contribution in [0, 0.1) is 11.3 Å². The monoisotopic (exact) mass is 429 g/mol. The van der Waals surface area contributed by atoms with Gasteiger partial charge < -0.3 is 15.4 Å². The Labute approximate surface area is 156 Å². The highest BCUT2D eigenvalue weighted by Gasteiger charge is 2.53. The standard InChI is InChI=1S/C18H27N3O.HI/c1-2-19-17(21-14-18(10-11-18)15-8-9-15)20-12-13-22-16-6-4-3-5-7-16;/h3-7,15H,2,8-14H2,1H3,(H2,19,20,21);1H. The van der Waals surface area contributed by atoms with Crippen LogP contribution in [0.3, 0.4) is 0 Å². The first kappa shape index (κ1) is 18.4. The first-order valence-electron chi connectivity index (χ1n) is 8.52. The van der Waals surface area contributed by atoms with Gasteiger partial charge in [0, 0.05) is 13.1 Å². The molecule has 0 bridgehead atoms. The lowest BCUT2D eigenvalue weighted by Gasteiger charge is -2.15. The van der Waals surface area contributed by atoms with Gasteiger partial charge in [0.2, 0.25) is 0 Å². The zero-order valence-electron chi connectivity index (χ0n) is 13.9. The molecule has 2 aliphatic carbocycles. The van der Waals surface area contributed by atoms with Crippen molar-refractivity contribution in [3.8, 4) is 5.75 Å². The van der Waals surface area contributed by atoms with Gasteiger partial charge in [-0.05, 0) is 56.1 Å². The molecule has 23 heavy (non-hydrogen) atoms. The summed E-state index contributed by atoms with van der Waals surface area (Å²) in [4.78, 5) is 4.79. The molecule has 0 heterocycles. The van der Waals surface area contributed by atoms with Gasteiger partial charge in [0.15, 0.2) is 5.96 Å². The minimum atomic E-state index is 0. The Balaban J connectivity index is 0.00000192. The number of guanidine groups is 1. The van der Waals surface area contributed by atoms with E-state index in [4.69, 9.17) is 9.73 Å². The molecule has 5 heteroatoms. The molecule has 0 atom stereocenters. The number of rotatable bonds is 8. The Morgan fingerprint density at radius 3 is 2.57 bits per heavy atom. The number of benzene rings is 1. The van der Waals surface area contributed by atoms with Gasteiger partial charge in [-0.3, -0.25) is 4.99 Å². The van der Waals surface area contributed by atoms with Gasteiger partial charge in [-0.25, -0.2) is 0 Å². The fourth-order valence-corrected chi connectivity index (χ4v) is 2.99. The summed E-state index contributed by atoms with van der Waals surface area (Å²) in [5, 5.41) is 6.69. The highest BCUT2D eigenvalue weighted by molar-refractivity contribution is 14.0. The van der Waals surface area contributed by atoms with E-state index in [1.807, 2.05) is 30.3 Å². The zero-order chi connectivity index (χ0) is 15.3. The molecule has 0 radical (unpaired) electrons. The van der Waals surface area contributed by atoms with Crippen molar-refractivity contribution in [2.24, 2.45) is 16.3 Å². The molecule has 3 rings (SSSR count). The van der Waals surface area contributed by atoms with Crippen LogP contribution >= 0.6 is 24.0 Å². The molecule has 2 saturated carbocycles. The lowest BCUT2D eigenvalue weighted by molar-refractivity contribution is 0.322. The molecule has 2 N–H and O–H groups in total. The van der Waals surface area contributed by atoms with Crippen LogP contribution in [0.15, 0.2) is 35.3 Å². The molecule has 4 nitrogen and oxygen atoms in total. The zero-order valence-corrected chi connectivity index (χ0v) is 16.2. The van der Waals surface area contributed by atoms with E-state index in [2.05, 4.69) is 17.6 Å². The van der Waals surface area contributed by atoms with Crippen LogP contribution in [0.4, 0.5) is 0 Å². The van der Waals surface area contributed by atoms with E-state index in [0.717, 1.165) is 37.3 Å². The van der Waals surface area contributed by atoms with E-state index in [1.165, 1.54) is 25.7 Å². The van der Waals surface area contributed by atoms with Crippen molar-refractivity contribution in [1.29, 1.82) is 0 Å². The lowest BCUT2D eigenvalue weighted by Crippen LogP contribution is -2.39.